The Hall–Kier alpha value is -3.50. The monoisotopic (exact) mass is 443 g/mol. The maximum atomic E-state index is 13.4. The van der Waals surface area contributed by atoms with E-state index in [0.717, 1.165) is 5.69 Å². The number of ether oxygens (including phenoxy) is 2. The number of imidazole rings is 1. The molecule has 32 heavy (non-hydrogen) atoms. The quantitative estimate of drug-likeness (QED) is 0.642. The smallest absolute Gasteiger partial charge is 0.248 e. The standard InChI is InChI=1S/C21H23F2N7O2/c1-12-9-30(11-26-12)18-16(31-3)4-14(7-24-18)27-20-25-8-17-19(28-20)29(2)15(10-32-17)13-5-21(22,23)6-13/h4,7-9,11,13,15H,5-6,10H2,1-3H3,(H,25,27,28). The Morgan fingerprint density at radius 1 is 1.19 bits per heavy atom. The molecule has 11 heteroatoms. The summed E-state index contributed by atoms with van der Waals surface area (Å²) in [5.74, 6) is -0.0924. The SMILES string of the molecule is COc1cc(Nc2ncc3c(n2)N(C)C(C2CC(F)(F)C2)CO3)cnc1-n1cnc(C)c1. The van der Waals surface area contributed by atoms with Gasteiger partial charge in [0, 0.05) is 32.2 Å². The van der Waals surface area contributed by atoms with Crippen LogP contribution in [0.25, 0.3) is 5.82 Å². The predicted molar refractivity (Wildman–Crippen MR) is 113 cm³/mol. The number of nitrogens with zero attached hydrogens (tertiary/aromatic N) is 6. The highest BCUT2D eigenvalue weighted by molar-refractivity contribution is 5.62. The number of hydrogen-bond donors (Lipinski definition) is 1. The molecule has 1 unspecified atom stereocenters. The number of alkyl halides is 2. The van der Waals surface area contributed by atoms with Crippen LogP contribution in [0, 0.1) is 12.8 Å². The average molecular weight is 443 g/mol. The van der Waals surface area contributed by atoms with Crippen molar-refractivity contribution in [1.29, 1.82) is 0 Å². The Morgan fingerprint density at radius 2 is 2.00 bits per heavy atom. The molecular weight excluding hydrogens is 420 g/mol. The van der Waals surface area contributed by atoms with E-state index in [1.165, 1.54) is 0 Å². The van der Waals surface area contributed by atoms with Gasteiger partial charge >= 0.3 is 0 Å². The summed E-state index contributed by atoms with van der Waals surface area (Å²) in [5.41, 5.74) is 1.51. The van der Waals surface area contributed by atoms with Crippen LogP contribution >= 0.6 is 0 Å². The highest BCUT2D eigenvalue weighted by Gasteiger charge is 2.50. The number of aromatic nitrogens is 5. The summed E-state index contributed by atoms with van der Waals surface area (Å²) in [6.45, 7) is 2.24. The molecule has 1 aliphatic carbocycles. The maximum Gasteiger partial charge on any atom is 0.248 e. The van der Waals surface area contributed by atoms with E-state index in [4.69, 9.17) is 9.47 Å². The number of aryl methyl sites for hydroxylation is 1. The van der Waals surface area contributed by atoms with Gasteiger partial charge in [0.1, 0.15) is 12.9 Å². The molecule has 0 amide bonds. The number of fused-ring (bicyclic) bond motifs is 1. The van der Waals surface area contributed by atoms with Gasteiger partial charge < -0.3 is 19.7 Å². The fourth-order valence-electron chi connectivity index (χ4n) is 4.17. The van der Waals surface area contributed by atoms with Crippen molar-refractivity contribution >= 4 is 17.5 Å². The Kier molecular flexibility index (Phi) is 4.83. The molecule has 2 aliphatic rings. The van der Waals surface area contributed by atoms with Crippen LogP contribution < -0.4 is 19.7 Å². The third-order valence-electron chi connectivity index (χ3n) is 5.91. The van der Waals surface area contributed by atoms with Crippen molar-refractivity contribution in [3.8, 4) is 17.3 Å². The fraction of sp³-hybridized carbons (Fsp3) is 0.429. The van der Waals surface area contributed by atoms with Crippen molar-refractivity contribution in [3.05, 3.63) is 36.7 Å². The number of halogens is 2. The van der Waals surface area contributed by atoms with Crippen molar-refractivity contribution < 1.29 is 18.3 Å². The second-order valence-corrected chi connectivity index (χ2v) is 8.19. The zero-order valence-corrected chi connectivity index (χ0v) is 17.9. The number of likely N-dealkylation sites (N-methyl/N-ethyl adjacent to an activating group) is 1. The molecule has 0 saturated heterocycles. The van der Waals surface area contributed by atoms with Crippen LogP contribution in [0.2, 0.25) is 0 Å². The van der Waals surface area contributed by atoms with Crippen molar-refractivity contribution in [2.75, 3.05) is 31.0 Å². The largest absolute Gasteiger partial charge is 0.493 e. The molecule has 9 nitrogen and oxygen atoms in total. The van der Waals surface area contributed by atoms with Crippen molar-refractivity contribution in [1.82, 2.24) is 24.5 Å². The molecule has 1 N–H and O–H groups in total. The molecule has 3 aromatic heterocycles. The van der Waals surface area contributed by atoms with E-state index >= 15 is 0 Å². The highest BCUT2D eigenvalue weighted by Crippen LogP contribution is 2.47. The lowest BCUT2D eigenvalue weighted by Crippen LogP contribution is -2.53. The van der Waals surface area contributed by atoms with Gasteiger partial charge in [-0.15, -0.1) is 0 Å². The lowest BCUT2D eigenvalue weighted by molar-refractivity contribution is -0.119. The molecule has 3 aromatic rings. The van der Waals surface area contributed by atoms with Gasteiger partial charge in [-0.3, -0.25) is 4.57 Å². The first kappa shape index (κ1) is 20.4. The summed E-state index contributed by atoms with van der Waals surface area (Å²) in [5, 5.41) is 3.13. The predicted octanol–water partition coefficient (Wildman–Crippen LogP) is 3.36. The zero-order chi connectivity index (χ0) is 22.5. The van der Waals surface area contributed by atoms with Gasteiger partial charge in [0.15, 0.2) is 23.1 Å². The number of nitrogens with one attached hydrogen (secondary N) is 1. The number of anilines is 3. The molecule has 0 spiro atoms. The molecular formula is C21H23F2N7O2. The number of rotatable bonds is 5. The first-order valence-electron chi connectivity index (χ1n) is 10.3. The van der Waals surface area contributed by atoms with E-state index in [9.17, 15) is 8.78 Å². The Bertz CT molecular complexity index is 1140. The number of pyridine rings is 1. The molecule has 1 saturated carbocycles. The Labute approximate surface area is 183 Å². The third-order valence-corrected chi connectivity index (χ3v) is 5.91. The van der Waals surface area contributed by atoms with Crippen LogP contribution in [-0.2, 0) is 0 Å². The van der Waals surface area contributed by atoms with E-state index in [0.29, 0.717) is 41.4 Å². The van der Waals surface area contributed by atoms with E-state index in [1.54, 1.807) is 36.5 Å². The second kappa shape index (κ2) is 7.57. The number of hydrogen-bond acceptors (Lipinski definition) is 8. The third kappa shape index (κ3) is 3.67. The van der Waals surface area contributed by atoms with E-state index in [1.807, 2.05) is 25.1 Å². The molecule has 1 atom stereocenters. The van der Waals surface area contributed by atoms with Crippen molar-refractivity contribution in [3.63, 3.8) is 0 Å². The summed E-state index contributed by atoms with van der Waals surface area (Å²) in [4.78, 5) is 19.5. The minimum absolute atomic E-state index is 0.120. The first-order valence-corrected chi connectivity index (χ1v) is 10.3. The molecule has 1 aliphatic heterocycles. The van der Waals surface area contributed by atoms with E-state index in [-0.39, 0.29) is 24.8 Å². The minimum Gasteiger partial charge on any atom is -0.493 e. The van der Waals surface area contributed by atoms with Crippen molar-refractivity contribution in [2.45, 2.75) is 31.7 Å². The van der Waals surface area contributed by atoms with Crippen molar-refractivity contribution in [2.24, 2.45) is 5.92 Å². The first-order chi connectivity index (χ1) is 15.3. The molecule has 5 rings (SSSR count). The van der Waals surface area contributed by atoms with Crippen LogP contribution in [0.1, 0.15) is 18.5 Å². The molecule has 4 heterocycles. The topological polar surface area (TPSA) is 90.2 Å². The summed E-state index contributed by atoms with van der Waals surface area (Å²) in [6, 6.07) is 1.64. The highest BCUT2D eigenvalue weighted by atomic mass is 19.3. The van der Waals surface area contributed by atoms with Crippen LogP contribution in [0.5, 0.6) is 11.5 Å². The lowest BCUT2D eigenvalue weighted by atomic mass is 9.76. The Balaban J connectivity index is 1.36. The van der Waals surface area contributed by atoms with Gasteiger partial charge in [0.05, 0.1) is 36.9 Å². The van der Waals surface area contributed by atoms with Crippen LogP contribution in [0.3, 0.4) is 0 Å². The minimum atomic E-state index is -2.57. The van der Waals surface area contributed by atoms with Gasteiger partial charge in [-0.2, -0.15) is 4.98 Å². The zero-order valence-electron chi connectivity index (χ0n) is 17.9. The summed E-state index contributed by atoms with van der Waals surface area (Å²) < 4.78 is 39.7. The van der Waals surface area contributed by atoms with Gasteiger partial charge in [-0.25, -0.2) is 23.7 Å². The van der Waals surface area contributed by atoms with E-state index in [2.05, 4.69) is 25.3 Å². The molecule has 0 aromatic carbocycles. The van der Waals surface area contributed by atoms with Gasteiger partial charge in [0.25, 0.3) is 0 Å². The molecule has 1 fully saturated rings. The Morgan fingerprint density at radius 3 is 2.69 bits per heavy atom. The average Bonchev–Trinajstić information content (AvgIpc) is 3.18. The van der Waals surface area contributed by atoms with E-state index < -0.39 is 5.92 Å². The molecule has 0 radical (unpaired) electrons. The van der Waals surface area contributed by atoms with Gasteiger partial charge in [-0.1, -0.05) is 0 Å². The lowest BCUT2D eigenvalue weighted by Gasteiger charge is -2.45. The maximum absolute atomic E-state index is 13.4. The summed E-state index contributed by atoms with van der Waals surface area (Å²) >= 11 is 0. The number of methoxy groups -OCH3 is 1. The van der Waals surface area contributed by atoms with Gasteiger partial charge in [0.2, 0.25) is 11.9 Å². The normalized spacial score (nSPS) is 19.7. The molecule has 0 bridgehead atoms. The van der Waals surface area contributed by atoms with Gasteiger partial charge in [-0.05, 0) is 12.8 Å². The van der Waals surface area contributed by atoms with Crippen LogP contribution in [0.15, 0.2) is 31.0 Å². The van der Waals surface area contributed by atoms with Crippen LogP contribution in [0.4, 0.5) is 26.2 Å². The summed E-state index contributed by atoms with van der Waals surface area (Å²) in [7, 11) is 3.42. The second-order valence-electron chi connectivity index (χ2n) is 8.19. The fourth-order valence-corrected chi connectivity index (χ4v) is 4.17. The molecule has 168 valence electrons. The summed E-state index contributed by atoms with van der Waals surface area (Å²) in [6.07, 6.45) is 6.52. The van der Waals surface area contributed by atoms with Crippen LogP contribution in [-0.4, -0.2) is 57.2 Å².